The van der Waals surface area contributed by atoms with Crippen LogP contribution in [0, 0.1) is 5.41 Å². The first-order valence-electron chi connectivity index (χ1n) is 11.2. The third-order valence-corrected chi connectivity index (χ3v) is 6.14. The number of pyridine rings is 1. The highest BCUT2D eigenvalue weighted by molar-refractivity contribution is 6.13. The fourth-order valence-corrected chi connectivity index (χ4v) is 4.42. The number of hydrogen-bond acceptors (Lipinski definition) is 7. The van der Waals surface area contributed by atoms with E-state index in [-0.39, 0.29) is 32.5 Å². The molecular weight excluding hydrogens is 460 g/mol. The van der Waals surface area contributed by atoms with Crippen LogP contribution in [0.4, 0.5) is 8.78 Å². The Kier molecular flexibility index (Phi) is 7.25. The molecular formula is C24H27F2N5O4. The van der Waals surface area contributed by atoms with E-state index in [0.29, 0.717) is 22.9 Å². The Bertz CT molecular complexity index is 1100. The van der Waals surface area contributed by atoms with Gasteiger partial charge in [0, 0.05) is 43.9 Å². The van der Waals surface area contributed by atoms with Crippen LogP contribution in [0.25, 0.3) is 0 Å². The number of hydrazone groups is 1. The van der Waals surface area contributed by atoms with Crippen molar-refractivity contribution in [2.24, 2.45) is 16.3 Å². The van der Waals surface area contributed by atoms with Gasteiger partial charge in [0.25, 0.3) is 12.3 Å². The van der Waals surface area contributed by atoms with E-state index in [0.717, 1.165) is 5.01 Å². The minimum Gasteiger partial charge on any atom is -0.497 e. The van der Waals surface area contributed by atoms with Crippen LogP contribution in [-0.4, -0.2) is 78.2 Å². The molecule has 0 saturated carbocycles. The van der Waals surface area contributed by atoms with Crippen molar-refractivity contribution >= 4 is 17.5 Å². The second kappa shape index (κ2) is 10.3. The lowest BCUT2D eigenvalue weighted by atomic mass is 9.74. The second-order valence-corrected chi connectivity index (χ2v) is 8.51. The van der Waals surface area contributed by atoms with Gasteiger partial charge in [0.2, 0.25) is 5.91 Å². The average Bonchev–Trinajstić information content (AvgIpc) is 3.12. The number of hydrogen-bond donors (Lipinski definition) is 1. The van der Waals surface area contributed by atoms with Crippen molar-refractivity contribution in [2.75, 3.05) is 33.4 Å². The zero-order valence-corrected chi connectivity index (χ0v) is 19.3. The summed E-state index contributed by atoms with van der Waals surface area (Å²) in [4.78, 5) is 32.3. The molecule has 0 bridgehead atoms. The topological polar surface area (TPSA) is 110 Å². The number of piperidine rings is 1. The summed E-state index contributed by atoms with van der Waals surface area (Å²) < 4.78 is 37.0. The Balaban J connectivity index is 1.50. The molecule has 1 unspecified atom stereocenters. The molecule has 11 heteroatoms. The highest BCUT2D eigenvalue weighted by atomic mass is 19.3. The van der Waals surface area contributed by atoms with E-state index < -0.39 is 36.2 Å². The fourth-order valence-electron chi connectivity index (χ4n) is 4.42. The fraction of sp³-hybridized carbons (Fsp3) is 0.417. The van der Waals surface area contributed by atoms with Gasteiger partial charge in [-0.25, -0.2) is 13.8 Å². The second-order valence-electron chi connectivity index (χ2n) is 8.51. The van der Waals surface area contributed by atoms with Gasteiger partial charge in [0.05, 0.1) is 12.8 Å². The van der Waals surface area contributed by atoms with Crippen LogP contribution in [0.15, 0.2) is 53.8 Å². The Morgan fingerprint density at radius 3 is 2.74 bits per heavy atom. The number of likely N-dealkylation sites (tertiary alicyclic amines) is 1. The molecule has 0 spiro atoms. The molecule has 9 nitrogen and oxygen atoms in total. The van der Waals surface area contributed by atoms with Crippen molar-refractivity contribution in [3.8, 4) is 11.5 Å². The summed E-state index contributed by atoms with van der Waals surface area (Å²) in [6.07, 6.45) is -0.718. The number of rotatable bonds is 9. The normalized spacial score (nSPS) is 20.5. The van der Waals surface area contributed by atoms with Gasteiger partial charge in [0.15, 0.2) is 0 Å². The number of carbonyl (C=O) groups is 2. The number of carbonyl (C=O) groups excluding carboxylic acids is 2. The van der Waals surface area contributed by atoms with E-state index >= 15 is 0 Å². The number of ether oxygens (including phenoxy) is 2. The molecule has 2 aromatic rings. The predicted molar refractivity (Wildman–Crippen MR) is 123 cm³/mol. The molecule has 2 N–H and O–H groups in total. The third kappa shape index (κ3) is 5.24. The monoisotopic (exact) mass is 487 g/mol. The molecule has 3 heterocycles. The quantitative estimate of drug-likeness (QED) is 0.577. The maximum atomic E-state index is 13.4. The minimum atomic E-state index is -2.73. The largest absolute Gasteiger partial charge is 0.497 e. The summed E-state index contributed by atoms with van der Waals surface area (Å²) in [6.45, 7) is -0.632. The molecule has 0 radical (unpaired) electrons. The van der Waals surface area contributed by atoms with E-state index in [4.69, 9.17) is 15.2 Å². The molecule has 1 saturated heterocycles. The molecule has 1 aromatic heterocycles. The Morgan fingerprint density at radius 1 is 1.23 bits per heavy atom. The lowest BCUT2D eigenvalue weighted by Gasteiger charge is -2.40. The van der Waals surface area contributed by atoms with Crippen molar-refractivity contribution in [3.05, 3.63) is 54.4 Å². The lowest BCUT2D eigenvalue weighted by Crippen LogP contribution is -2.59. The SMILES string of the molecule is COc1cccc(OCC(N)C(=O)N2CCC3=NN(CC(F)F)C(=O)[C@]3(Cc3ccccn3)C2)c1. The van der Waals surface area contributed by atoms with Crippen LogP contribution in [-0.2, 0) is 16.0 Å². The van der Waals surface area contributed by atoms with Gasteiger partial charge in [-0.05, 0) is 24.3 Å². The maximum absolute atomic E-state index is 13.4. The first kappa shape index (κ1) is 24.5. The summed E-state index contributed by atoms with van der Waals surface area (Å²) in [7, 11) is 1.54. The summed E-state index contributed by atoms with van der Waals surface area (Å²) in [6, 6.07) is 11.2. The molecule has 2 atom stereocenters. The molecule has 0 aliphatic carbocycles. The Morgan fingerprint density at radius 2 is 2.03 bits per heavy atom. The van der Waals surface area contributed by atoms with Crippen molar-refractivity contribution in [1.29, 1.82) is 0 Å². The van der Waals surface area contributed by atoms with Crippen molar-refractivity contribution < 1.29 is 27.8 Å². The van der Waals surface area contributed by atoms with Crippen LogP contribution in [0.1, 0.15) is 12.1 Å². The number of methoxy groups -OCH3 is 1. The van der Waals surface area contributed by atoms with Gasteiger partial charge < -0.3 is 20.1 Å². The summed E-state index contributed by atoms with van der Waals surface area (Å²) >= 11 is 0. The number of amides is 2. The van der Waals surface area contributed by atoms with Crippen LogP contribution < -0.4 is 15.2 Å². The zero-order valence-electron chi connectivity index (χ0n) is 19.3. The van der Waals surface area contributed by atoms with E-state index in [9.17, 15) is 18.4 Å². The number of halogens is 2. The smallest absolute Gasteiger partial charge is 0.258 e. The van der Waals surface area contributed by atoms with Gasteiger partial charge >= 0.3 is 0 Å². The van der Waals surface area contributed by atoms with Crippen LogP contribution in [0.3, 0.4) is 0 Å². The third-order valence-electron chi connectivity index (χ3n) is 6.14. The minimum absolute atomic E-state index is 0.0212. The summed E-state index contributed by atoms with van der Waals surface area (Å²) in [5.74, 6) is 0.153. The number of benzene rings is 1. The van der Waals surface area contributed by atoms with Crippen LogP contribution in [0.2, 0.25) is 0 Å². The molecule has 2 aliphatic rings. The number of nitrogens with two attached hydrogens (primary N) is 1. The van der Waals surface area contributed by atoms with Gasteiger partial charge in [-0.1, -0.05) is 12.1 Å². The van der Waals surface area contributed by atoms with E-state index in [2.05, 4.69) is 10.1 Å². The molecule has 1 aromatic carbocycles. The molecule has 4 rings (SSSR count). The van der Waals surface area contributed by atoms with E-state index in [1.807, 2.05) is 0 Å². The standard InChI is InChI=1S/C24H27F2N5O4/c1-34-17-6-4-7-18(11-17)35-14-19(27)22(32)30-10-8-20-24(15-30,12-16-5-2-3-9-28-16)23(33)31(29-20)13-21(25)26/h2-7,9,11,19,21H,8,10,12-15,27H2,1H3/t19?,24-/m1/s1. The Hall–Kier alpha value is -3.60. The van der Waals surface area contributed by atoms with Crippen LogP contribution in [0.5, 0.6) is 11.5 Å². The molecule has 2 aliphatic heterocycles. The van der Waals surface area contributed by atoms with Crippen molar-refractivity contribution in [1.82, 2.24) is 14.9 Å². The Labute approximate surface area is 201 Å². The first-order chi connectivity index (χ1) is 16.8. The number of nitrogens with zero attached hydrogens (tertiary/aromatic N) is 4. The summed E-state index contributed by atoms with van der Waals surface area (Å²) in [5.41, 5.74) is 5.97. The van der Waals surface area contributed by atoms with E-state index in [1.165, 1.54) is 12.0 Å². The average molecular weight is 488 g/mol. The lowest BCUT2D eigenvalue weighted by molar-refractivity contribution is -0.142. The van der Waals surface area contributed by atoms with Crippen molar-refractivity contribution in [2.45, 2.75) is 25.3 Å². The van der Waals surface area contributed by atoms with Crippen molar-refractivity contribution in [3.63, 3.8) is 0 Å². The predicted octanol–water partition coefficient (Wildman–Crippen LogP) is 1.72. The highest BCUT2D eigenvalue weighted by Gasteiger charge is 2.55. The number of alkyl halides is 2. The van der Waals surface area contributed by atoms with E-state index in [1.54, 1.807) is 48.7 Å². The zero-order chi connectivity index (χ0) is 25.0. The van der Waals surface area contributed by atoms with Gasteiger partial charge in [0.1, 0.15) is 36.1 Å². The number of fused-ring (bicyclic) bond motifs is 1. The van der Waals surface area contributed by atoms with Crippen LogP contribution >= 0.6 is 0 Å². The first-order valence-corrected chi connectivity index (χ1v) is 11.2. The molecule has 1 fully saturated rings. The molecule has 2 amide bonds. The van der Waals surface area contributed by atoms with Gasteiger partial charge in [-0.15, -0.1) is 0 Å². The molecule has 186 valence electrons. The highest BCUT2D eigenvalue weighted by Crippen LogP contribution is 2.38. The molecule has 35 heavy (non-hydrogen) atoms. The van der Waals surface area contributed by atoms with Gasteiger partial charge in [-0.2, -0.15) is 5.10 Å². The maximum Gasteiger partial charge on any atom is 0.258 e. The number of aromatic nitrogens is 1. The summed E-state index contributed by atoms with van der Waals surface area (Å²) in [5, 5.41) is 5.04. The van der Waals surface area contributed by atoms with Gasteiger partial charge in [-0.3, -0.25) is 14.6 Å².